The van der Waals surface area contributed by atoms with Gasteiger partial charge in [0.15, 0.2) is 11.5 Å². The number of phenols is 2. The fourth-order valence-electron chi connectivity index (χ4n) is 4.37. The van der Waals surface area contributed by atoms with Gasteiger partial charge in [-0.25, -0.2) is 9.59 Å². The van der Waals surface area contributed by atoms with Crippen molar-refractivity contribution in [3.63, 3.8) is 0 Å². The van der Waals surface area contributed by atoms with Crippen molar-refractivity contribution in [3.8, 4) is 17.2 Å². The second-order valence-electron chi connectivity index (χ2n) is 8.86. The molecule has 0 spiro atoms. The lowest BCUT2D eigenvalue weighted by molar-refractivity contribution is -0.169. The van der Waals surface area contributed by atoms with Crippen molar-refractivity contribution in [2.24, 2.45) is 0 Å². The molecule has 2 atom stereocenters. The van der Waals surface area contributed by atoms with E-state index in [-0.39, 0.29) is 29.1 Å². The Bertz CT molecular complexity index is 1200. The fraction of sp³-hybridized carbons (Fsp3) is 0.360. The van der Waals surface area contributed by atoms with Crippen molar-refractivity contribution in [3.05, 3.63) is 58.8 Å². The number of aliphatic hydroxyl groups excluding tert-OH is 1. The molecule has 0 amide bonds. The molecule has 0 fully saturated rings. The Morgan fingerprint density at radius 3 is 2.47 bits per heavy atom. The van der Waals surface area contributed by atoms with Gasteiger partial charge in [-0.15, -0.1) is 0 Å². The van der Waals surface area contributed by atoms with E-state index in [0.29, 0.717) is 17.7 Å². The molecule has 180 valence electrons. The maximum absolute atomic E-state index is 13.1. The summed E-state index contributed by atoms with van der Waals surface area (Å²) in [6, 6.07) is 9.14. The van der Waals surface area contributed by atoms with E-state index < -0.39 is 35.0 Å². The first kappa shape index (κ1) is 23.4. The van der Waals surface area contributed by atoms with Crippen molar-refractivity contribution in [2.45, 2.75) is 44.0 Å². The van der Waals surface area contributed by atoms with Gasteiger partial charge in [0.1, 0.15) is 11.4 Å². The molecule has 0 aromatic heterocycles. The molecule has 3 N–H and O–H groups in total. The average Bonchev–Trinajstić information content (AvgIpc) is 3.07. The van der Waals surface area contributed by atoms with Crippen LogP contribution in [0.4, 0.5) is 0 Å². The number of aromatic hydroxyl groups is 2. The number of methoxy groups -OCH3 is 2. The van der Waals surface area contributed by atoms with Crippen LogP contribution in [0, 0.1) is 0 Å². The molecule has 2 heterocycles. The van der Waals surface area contributed by atoms with Crippen LogP contribution >= 0.6 is 0 Å². The fourth-order valence-corrected chi connectivity index (χ4v) is 4.37. The average molecular weight is 470 g/mol. The summed E-state index contributed by atoms with van der Waals surface area (Å²) < 4.78 is 21.8. The van der Waals surface area contributed by atoms with E-state index in [0.717, 1.165) is 5.56 Å². The first-order valence-corrected chi connectivity index (χ1v) is 10.6. The van der Waals surface area contributed by atoms with Crippen LogP contribution in [0.2, 0.25) is 0 Å². The van der Waals surface area contributed by atoms with Crippen molar-refractivity contribution in [2.75, 3.05) is 14.2 Å². The molecule has 2 aromatic carbocycles. The lowest BCUT2D eigenvalue weighted by Gasteiger charge is -2.37. The van der Waals surface area contributed by atoms with Crippen LogP contribution in [-0.4, -0.2) is 58.8 Å². The predicted octanol–water partition coefficient (Wildman–Crippen LogP) is 2.24. The third-order valence-corrected chi connectivity index (χ3v) is 6.23. The maximum atomic E-state index is 13.1. The largest absolute Gasteiger partial charge is 0.504 e. The molecule has 0 aliphatic carbocycles. The lowest BCUT2D eigenvalue weighted by atomic mass is 9.82. The van der Waals surface area contributed by atoms with E-state index in [1.165, 1.54) is 32.4 Å². The molecule has 0 saturated heterocycles. The van der Waals surface area contributed by atoms with Gasteiger partial charge < -0.3 is 34.3 Å². The molecular weight excluding hydrogens is 444 g/mol. The van der Waals surface area contributed by atoms with Crippen LogP contribution in [0.25, 0.3) is 5.57 Å². The number of ether oxygens (including phenoxy) is 4. The number of hydrogen-bond acceptors (Lipinski definition) is 9. The van der Waals surface area contributed by atoms with Crippen LogP contribution in [0.15, 0.2) is 42.2 Å². The zero-order valence-electron chi connectivity index (χ0n) is 19.2. The zero-order valence-corrected chi connectivity index (χ0v) is 19.2. The quantitative estimate of drug-likeness (QED) is 0.445. The molecule has 9 heteroatoms. The number of phenolic OH excluding ortho intramolecular Hbond substituents is 2. The summed E-state index contributed by atoms with van der Waals surface area (Å²) in [5.41, 5.74) is -0.993. The smallest absolute Gasteiger partial charge is 0.375 e. The summed E-state index contributed by atoms with van der Waals surface area (Å²) in [7, 11) is 2.44. The topological polar surface area (TPSA) is 132 Å². The predicted molar refractivity (Wildman–Crippen MR) is 119 cm³/mol. The highest BCUT2D eigenvalue weighted by Gasteiger charge is 2.56. The van der Waals surface area contributed by atoms with E-state index in [2.05, 4.69) is 0 Å². The number of carbonyl (C=O) groups is 2. The molecule has 2 aliphatic rings. The molecule has 0 radical (unpaired) electrons. The van der Waals surface area contributed by atoms with Gasteiger partial charge in [0, 0.05) is 12.8 Å². The Morgan fingerprint density at radius 1 is 1.09 bits per heavy atom. The van der Waals surface area contributed by atoms with Gasteiger partial charge in [-0.05, 0) is 48.7 Å². The van der Waals surface area contributed by atoms with Crippen molar-refractivity contribution in [1.82, 2.24) is 0 Å². The summed E-state index contributed by atoms with van der Waals surface area (Å²) in [5, 5.41) is 30.2. The molecule has 0 bridgehead atoms. The van der Waals surface area contributed by atoms with Crippen molar-refractivity contribution in [1.29, 1.82) is 0 Å². The van der Waals surface area contributed by atoms with E-state index in [1.807, 2.05) is 0 Å². The summed E-state index contributed by atoms with van der Waals surface area (Å²) in [4.78, 5) is 25.9. The van der Waals surface area contributed by atoms with Crippen LogP contribution in [-0.2, 0) is 36.6 Å². The number of aliphatic hydroxyl groups is 1. The summed E-state index contributed by atoms with van der Waals surface area (Å²) >= 11 is 0. The minimum Gasteiger partial charge on any atom is -0.504 e. The standard InChI is InChI=1S/C25H26O9/c1-24(2)19(28)11-15-9-13(5-8-18(15)33-24)12-25(23(30)32-4)20(21(31-3)22(29)34-25)14-6-7-16(26)17(27)10-14/h5-10,19,26-28H,11-12H2,1-4H3/t19-,25+/m1/s1. The van der Waals surface area contributed by atoms with Crippen LogP contribution in [0.3, 0.4) is 0 Å². The van der Waals surface area contributed by atoms with Crippen LogP contribution < -0.4 is 4.74 Å². The first-order valence-electron chi connectivity index (χ1n) is 10.6. The van der Waals surface area contributed by atoms with Crippen molar-refractivity contribution < 1.29 is 43.9 Å². The highest BCUT2D eigenvalue weighted by molar-refractivity contribution is 6.11. The number of hydrogen-bond donors (Lipinski definition) is 3. The van der Waals surface area contributed by atoms with Crippen LogP contribution in [0.1, 0.15) is 30.5 Å². The maximum Gasteiger partial charge on any atom is 0.375 e. The zero-order chi connectivity index (χ0) is 24.8. The third-order valence-electron chi connectivity index (χ3n) is 6.23. The molecule has 2 aromatic rings. The molecule has 9 nitrogen and oxygen atoms in total. The van der Waals surface area contributed by atoms with Gasteiger partial charge in [-0.3, -0.25) is 0 Å². The van der Waals surface area contributed by atoms with Gasteiger partial charge in [-0.1, -0.05) is 18.2 Å². The Balaban J connectivity index is 1.83. The van der Waals surface area contributed by atoms with E-state index in [9.17, 15) is 24.9 Å². The number of benzene rings is 2. The molecule has 0 saturated carbocycles. The van der Waals surface area contributed by atoms with Crippen molar-refractivity contribution >= 4 is 17.5 Å². The second kappa shape index (κ2) is 8.25. The molecule has 2 aliphatic heterocycles. The monoisotopic (exact) mass is 470 g/mol. The van der Waals surface area contributed by atoms with E-state index in [4.69, 9.17) is 18.9 Å². The van der Waals surface area contributed by atoms with E-state index in [1.54, 1.807) is 32.0 Å². The lowest BCUT2D eigenvalue weighted by Crippen LogP contribution is -2.46. The van der Waals surface area contributed by atoms with Crippen LogP contribution in [0.5, 0.6) is 17.2 Å². The first-order chi connectivity index (χ1) is 16.0. The number of fused-ring (bicyclic) bond motifs is 1. The molecular formula is C25H26O9. The molecule has 4 rings (SSSR count). The minimum absolute atomic E-state index is 0.0669. The van der Waals surface area contributed by atoms with Gasteiger partial charge >= 0.3 is 11.9 Å². The third kappa shape index (κ3) is 3.71. The van der Waals surface area contributed by atoms with Gasteiger partial charge in [0.05, 0.1) is 25.9 Å². The summed E-state index contributed by atoms with van der Waals surface area (Å²) in [6.07, 6.45) is -0.495. The Hall–Kier alpha value is -3.72. The van der Waals surface area contributed by atoms with Gasteiger partial charge in [-0.2, -0.15) is 0 Å². The Labute approximate surface area is 196 Å². The Morgan fingerprint density at radius 2 is 1.82 bits per heavy atom. The molecule has 34 heavy (non-hydrogen) atoms. The summed E-state index contributed by atoms with van der Waals surface area (Å²) in [6.45, 7) is 3.60. The molecule has 0 unspecified atom stereocenters. The SMILES string of the molecule is COC(=O)[C@@]1(Cc2ccc3c(c2)C[C@@H](O)C(C)(C)O3)OC(=O)C(OC)=C1c1ccc(O)c(O)c1. The Kier molecular flexibility index (Phi) is 5.69. The number of carbonyl (C=O) groups excluding carboxylic acids is 2. The highest BCUT2D eigenvalue weighted by Crippen LogP contribution is 2.45. The summed E-state index contributed by atoms with van der Waals surface area (Å²) in [5.74, 6) is -2.12. The van der Waals surface area contributed by atoms with E-state index >= 15 is 0 Å². The number of rotatable bonds is 5. The highest BCUT2D eigenvalue weighted by atomic mass is 16.6. The van der Waals surface area contributed by atoms with Gasteiger partial charge in [0.25, 0.3) is 0 Å². The van der Waals surface area contributed by atoms with Gasteiger partial charge in [0.2, 0.25) is 11.4 Å². The number of esters is 2. The second-order valence-corrected chi connectivity index (χ2v) is 8.86. The number of cyclic esters (lactones) is 1. The minimum atomic E-state index is -1.91. The normalized spacial score (nSPS) is 23.1.